The molecule has 1 aromatic carbocycles. The highest BCUT2D eigenvalue weighted by Crippen LogP contribution is 2.27. The van der Waals surface area contributed by atoms with Gasteiger partial charge in [0.1, 0.15) is 0 Å². The van der Waals surface area contributed by atoms with Crippen molar-refractivity contribution in [2.75, 3.05) is 7.05 Å². The van der Waals surface area contributed by atoms with E-state index in [1.807, 2.05) is 0 Å². The fourth-order valence-electron chi connectivity index (χ4n) is 2.61. The van der Waals surface area contributed by atoms with Crippen LogP contribution in [-0.4, -0.2) is 7.05 Å². The van der Waals surface area contributed by atoms with Crippen molar-refractivity contribution in [1.82, 2.24) is 5.32 Å². The van der Waals surface area contributed by atoms with Gasteiger partial charge in [-0.15, -0.1) is 0 Å². The molecule has 2 heteroatoms. The molecule has 0 saturated heterocycles. The lowest BCUT2D eigenvalue weighted by atomic mass is 9.97. The minimum Gasteiger partial charge on any atom is -0.313 e. The Hall–Kier alpha value is -0.340. The maximum atomic E-state index is 3.65. The summed E-state index contributed by atoms with van der Waals surface area (Å²) in [6, 6.07) is 5.11. The van der Waals surface area contributed by atoms with E-state index in [1.54, 1.807) is 0 Å². The van der Waals surface area contributed by atoms with Crippen LogP contribution in [-0.2, 0) is 0 Å². The zero-order valence-corrected chi connectivity index (χ0v) is 14.4. The number of hydrogen-bond donors (Lipinski definition) is 1. The van der Waals surface area contributed by atoms with Crippen LogP contribution in [0.3, 0.4) is 0 Å². The van der Waals surface area contributed by atoms with E-state index in [-0.39, 0.29) is 0 Å². The van der Waals surface area contributed by atoms with Crippen LogP contribution >= 0.6 is 15.9 Å². The monoisotopic (exact) mass is 325 g/mol. The Morgan fingerprint density at radius 1 is 1.05 bits per heavy atom. The number of aryl methyl sites for hydroxylation is 2. The number of benzene rings is 1. The lowest BCUT2D eigenvalue weighted by Crippen LogP contribution is -2.16. The molecular formula is C17H28BrN. The zero-order valence-electron chi connectivity index (χ0n) is 12.9. The van der Waals surface area contributed by atoms with Crippen LogP contribution < -0.4 is 5.32 Å². The number of unbranched alkanes of at least 4 members (excludes halogenated alkanes) is 4. The van der Waals surface area contributed by atoms with Crippen molar-refractivity contribution in [2.45, 2.75) is 65.3 Å². The van der Waals surface area contributed by atoms with Crippen molar-refractivity contribution in [1.29, 1.82) is 0 Å². The van der Waals surface area contributed by atoms with Gasteiger partial charge >= 0.3 is 0 Å². The Labute approximate surface area is 127 Å². The van der Waals surface area contributed by atoms with Gasteiger partial charge in [-0.2, -0.15) is 0 Å². The maximum Gasteiger partial charge on any atom is 0.0317 e. The summed E-state index contributed by atoms with van der Waals surface area (Å²) in [4.78, 5) is 0. The van der Waals surface area contributed by atoms with E-state index in [0.29, 0.717) is 6.04 Å². The third kappa shape index (κ3) is 5.27. The first-order chi connectivity index (χ1) is 9.10. The van der Waals surface area contributed by atoms with Gasteiger partial charge in [-0.25, -0.2) is 0 Å². The molecular weight excluding hydrogens is 298 g/mol. The van der Waals surface area contributed by atoms with Crippen LogP contribution in [0.15, 0.2) is 16.6 Å². The second kappa shape index (κ2) is 8.76. The van der Waals surface area contributed by atoms with Crippen LogP contribution in [0.4, 0.5) is 0 Å². The number of rotatable bonds is 8. The Morgan fingerprint density at radius 2 is 1.63 bits per heavy atom. The van der Waals surface area contributed by atoms with Crippen molar-refractivity contribution in [3.8, 4) is 0 Å². The second-order valence-electron chi connectivity index (χ2n) is 5.51. The number of hydrogen-bond acceptors (Lipinski definition) is 1. The van der Waals surface area contributed by atoms with Crippen molar-refractivity contribution < 1.29 is 0 Å². The fraction of sp³-hybridized carbons (Fsp3) is 0.647. The predicted molar refractivity (Wildman–Crippen MR) is 88.8 cm³/mol. The highest BCUT2D eigenvalue weighted by Gasteiger charge is 2.11. The van der Waals surface area contributed by atoms with Gasteiger partial charge < -0.3 is 5.32 Å². The molecule has 0 aliphatic carbocycles. The van der Waals surface area contributed by atoms with Gasteiger partial charge in [0.25, 0.3) is 0 Å². The van der Waals surface area contributed by atoms with E-state index < -0.39 is 0 Å². The highest BCUT2D eigenvalue weighted by molar-refractivity contribution is 9.10. The minimum atomic E-state index is 0.493. The molecule has 1 N–H and O–H groups in total. The van der Waals surface area contributed by atoms with Gasteiger partial charge in [0.2, 0.25) is 0 Å². The van der Waals surface area contributed by atoms with Crippen molar-refractivity contribution >= 4 is 15.9 Å². The smallest absolute Gasteiger partial charge is 0.0317 e. The Bertz CT molecular complexity index is 364. The molecule has 0 aromatic heterocycles. The van der Waals surface area contributed by atoms with E-state index in [2.05, 4.69) is 61.2 Å². The summed E-state index contributed by atoms with van der Waals surface area (Å²) >= 11 is 3.65. The first-order valence-electron chi connectivity index (χ1n) is 7.54. The van der Waals surface area contributed by atoms with Crippen molar-refractivity contribution in [2.24, 2.45) is 0 Å². The molecule has 0 amide bonds. The highest BCUT2D eigenvalue weighted by atomic mass is 79.9. The van der Waals surface area contributed by atoms with Gasteiger partial charge in [0.05, 0.1) is 0 Å². The molecule has 1 nitrogen and oxygen atoms in total. The molecule has 0 aliphatic heterocycles. The molecule has 0 heterocycles. The third-order valence-electron chi connectivity index (χ3n) is 3.81. The average Bonchev–Trinajstić information content (AvgIpc) is 2.39. The first-order valence-corrected chi connectivity index (χ1v) is 8.33. The maximum absolute atomic E-state index is 3.65. The standard InChI is InChI=1S/C17H28BrN/c1-5-6-7-8-9-10-16(19-4)15-11-13(2)17(18)14(3)12-15/h11-12,16,19H,5-10H2,1-4H3. The summed E-state index contributed by atoms with van der Waals surface area (Å²) in [5, 5.41) is 3.47. The topological polar surface area (TPSA) is 12.0 Å². The lowest BCUT2D eigenvalue weighted by molar-refractivity contribution is 0.500. The van der Waals surface area contributed by atoms with Gasteiger partial charge in [-0.1, -0.05) is 67.1 Å². The average molecular weight is 326 g/mol. The molecule has 0 saturated carbocycles. The molecule has 1 rings (SSSR count). The molecule has 0 bridgehead atoms. The SMILES string of the molecule is CCCCCCCC(NC)c1cc(C)c(Br)c(C)c1. The molecule has 0 aliphatic rings. The van der Waals surface area contributed by atoms with E-state index in [0.717, 1.165) is 0 Å². The Kier molecular flexibility index (Phi) is 7.70. The van der Waals surface area contributed by atoms with Crippen LogP contribution in [0.25, 0.3) is 0 Å². The number of nitrogens with one attached hydrogen (secondary N) is 1. The van der Waals surface area contributed by atoms with Crippen LogP contribution in [0.1, 0.15) is 68.2 Å². The van der Waals surface area contributed by atoms with Gasteiger partial charge in [-0.3, -0.25) is 0 Å². The summed E-state index contributed by atoms with van der Waals surface area (Å²) in [5.41, 5.74) is 4.10. The van der Waals surface area contributed by atoms with Crippen molar-refractivity contribution in [3.63, 3.8) is 0 Å². The molecule has 0 fully saturated rings. The summed E-state index contributed by atoms with van der Waals surface area (Å²) in [6.07, 6.45) is 7.99. The molecule has 1 aromatic rings. The molecule has 0 radical (unpaired) electrons. The molecule has 19 heavy (non-hydrogen) atoms. The van der Waals surface area contributed by atoms with E-state index in [9.17, 15) is 0 Å². The predicted octanol–water partition coefficient (Wildman–Crippen LogP) is 5.69. The van der Waals surface area contributed by atoms with Crippen molar-refractivity contribution in [3.05, 3.63) is 33.3 Å². The number of halogens is 1. The van der Waals surface area contributed by atoms with E-state index in [4.69, 9.17) is 0 Å². The summed E-state index contributed by atoms with van der Waals surface area (Å²) < 4.78 is 1.24. The quantitative estimate of drug-likeness (QED) is 0.605. The summed E-state index contributed by atoms with van der Waals surface area (Å²) in [5.74, 6) is 0. The lowest BCUT2D eigenvalue weighted by Gasteiger charge is -2.19. The summed E-state index contributed by atoms with van der Waals surface area (Å²) in [7, 11) is 2.07. The van der Waals surface area contributed by atoms with Crippen LogP contribution in [0.2, 0.25) is 0 Å². The Balaban J connectivity index is 2.59. The van der Waals surface area contributed by atoms with Crippen LogP contribution in [0.5, 0.6) is 0 Å². The van der Waals surface area contributed by atoms with Gasteiger partial charge in [0.15, 0.2) is 0 Å². The van der Waals surface area contributed by atoms with E-state index >= 15 is 0 Å². The fourth-order valence-corrected chi connectivity index (χ4v) is 2.84. The van der Waals surface area contributed by atoms with E-state index in [1.165, 1.54) is 59.7 Å². The van der Waals surface area contributed by atoms with Gasteiger partial charge in [0, 0.05) is 10.5 Å². The first kappa shape index (κ1) is 16.7. The minimum absolute atomic E-state index is 0.493. The molecule has 108 valence electrons. The molecule has 1 unspecified atom stereocenters. The second-order valence-corrected chi connectivity index (χ2v) is 6.31. The molecule has 0 spiro atoms. The largest absolute Gasteiger partial charge is 0.313 e. The third-order valence-corrected chi connectivity index (χ3v) is 5.06. The summed E-state index contributed by atoms with van der Waals surface area (Å²) in [6.45, 7) is 6.62. The normalized spacial score (nSPS) is 12.7. The zero-order chi connectivity index (χ0) is 14.3. The molecule has 1 atom stereocenters. The van der Waals surface area contributed by atoms with Crippen LogP contribution in [0, 0.1) is 13.8 Å². The Morgan fingerprint density at radius 3 is 2.16 bits per heavy atom. The van der Waals surface area contributed by atoms with Gasteiger partial charge in [-0.05, 0) is 44.0 Å².